The first-order valence-corrected chi connectivity index (χ1v) is 7.01. The van der Waals surface area contributed by atoms with Crippen LogP contribution in [-0.4, -0.2) is 59.8 Å². The number of hydrogen-bond donors (Lipinski definition) is 1. The van der Waals surface area contributed by atoms with Gasteiger partial charge in [0.15, 0.2) is 0 Å². The van der Waals surface area contributed by atoms with Crippen LogP contribution in [0.25, 0.3) is 0 Å². The van der Waals surface area contributed by atoms with Crippen LogP contribution in [0.1, 0.15) is 28.2 Å². The fourth-order valence-corrected chi connectivity index (χ4v) is 2.89. The van der Waals surface area contributed by atoms with Crippen molar-refractivity contribution in [2.24, 2.45) is 0 Å². The number of piperazine rings is 1. The van der Waals surface area contributed by atoms with Crippen LogP contribution in [0.2, 0.25) is 0 Å². The van der Waals surface area contributed by atoms with Gasteiger partial charge >= 0.3 is 0 Å². The zero-order valence-electron chi connectivity index (χ0n) is 11.6. The van der Waals surface area contributed by atoms with E-state index >= 15 is 0 Å². The Hall–Kier alpha value is -1.43. The average Bonchev–Trinajstić information content (AvgIpc) is 2.80. The van der Waals surface area contributed by atoms with Crippen LogP contribution in [0.5, 0.6) is 0 Å². The molecule has 1 aromatic heterocycles. The molecular formula is C14H19F2N3O. The molecule has 0 atom stereocenters. The summed E-state index contributed by atoms with van der Waals surface area (Å²) < 4.78 is 26.8. The maximum Gasteiger partial charge on any atom is 0.270 e. The third-order valence-corrected chi connectivity index (χ3v) is 4.20. The normalized spacial score (nSPS) is 22.6. The molecule has 1 aromatic rings. The molecule has 0 spiro atoms. The zero-order valence-corrected chi connectivity index (χ0v) is 11.6. The summed E-state index contributed by atoms with van der Waals surface area (Å²) in [6, 6.07) is 1.61. The molecule has 6 heteroatoms. The Bertz CT molecular complexity index is 518. The number of aryl methyl sites for hydroxylation is 1. The smallest absolute Gasteiger partial charge is 0.270 e. The summed E-state index contributed by atoms with van der Waals surface area (Å²) in [6.45, 7) is 3.08. The maximum absolute atomic E-state index is 13.4. The van der Waals surface area contributed by atoms with Gasteiger partial charge in [-0.15, -0.1) is 0 Å². The third-order valence-electron chi connectivity index (χ3n) is 4.20. The van der Waals surface area contributed by atoms with Crippen LogP contribution >= 0.6 is 0 Å². The molecule has 0 aromatic carbocycles. The minimum Gasteiger partial charge on any atom is -0.354 e. The molecular weight excluding hydrogens is 264 g/mol. The monoisotopic (exact) mass is 283 g/mol. The second kappa shape index (κ2) is 4.84. The van der Waals surface area contributed by atoms with E-state index in [-0.39, 0.29) is 18.7 Å². The lowest BCUT2D eigenvalue weighted by Gasteiger charge is -2.32. The van der Waals surface area contributed by atoms with Crippen molar-refractivity contribution in [1.82, 2.24) is 14.8 Å². The van der Waals surface area contributed by atoms with Crippen LogP contribution in [-0.2, 0) is 12.8 Å². The van der Waals surface area contributed by atoms with E-state index in [9.17, 15) is 13.6 Å². The Labute approximate surface area is 116 Å². The maximum atomic E-state index is 13.4. The fraction of sp³-hybridized carbons (Fsp3) is 0.643. The Morgan fingerprint density at radius 1 is 1.30 bits per heavy atom. The van der Waals surface area contributed by atoms with E-state index in [1.54, 1.807) is 11.0 Å². The number of fused-ring (bicyclic) bond motifs is 1. The van der Waals surface area contributed by atoms with Crippen LogP contribution in [0.15, 0.2) is 6.07 Å². The summed E-state index contributed by atoms with van der Waals surface area (Å²) in [4.78, 5) is 19.4. The summed E-state index contributed by atoms with van der Waals surface area (Å²) in [6.07, 6.45) is -0.0736. The topological polar surface area (TPSA) is 39.3 Å². The average molecular weight is 283 g/mol. The molecule has 0 radical (unpaired) electrons. The van der Waals surface area contributed by atoms with Crippen LogP contribution < -0.4 is 0 Å². The number of nitrogens with zero attached hydrogens (tertiary/aromatic N) is 2. The van der Waals surface area contributed by atoms with Gasteiger partial charge in [-0.25, -0.2) is 8.78 Å². The number of likely N-dealkylation sites (N-methyl/N-ethyl adjacent to an activating group) is 1. The van der Waals surface area contributed by atoms with E-state index in [0.717, 1.165) is 18.8 Å². The molecule has 4 nitrogen and oxygen atoms in total. The van der Waals surface area contributed by atoms with Crippen molar-refractivity contribution in [3.8, 4) is 0 Å². The Balaban J connectivity index is 1.75. The summed E-state index contributed by atoms with van der Waals surface area (Å²) >= 11 is 0. The zero-order chi connectivity index (χ0) is 14.3. The molecule has 0 saturated carbocycles. The van der Waals surface area contributed by atoms with Crippen LogP contribution in [0.4, 0.5) is 8.78 Å². The summed E-state index contributed by atoms with van der Waals surface area (Å²) in [5, 5.41) is 0. The second-order valence-corrected chi connectivity index (χ2v) is 5.82. The van der Waals surface area contributed by atoms with Crippen molar-refractivity contribution in [2.45, 2.75) is 25.2 Å². The Kier molecular flexibility index (Phi) is 3.28. The van der Waals surface area contributed by atoms with E-state index in [1.165, 1.54) is 0 Å². The van der Waals surface area contributed by atoms with Crippen molar-refractivity contribution in [3.05, 3.63) is 23.0 Å². The Morgan fingerprint density at radius 2 is 2.00 bits per heavy atom. The first-order valence-electron chi connectivity index (χ1n) is 7.01. The lowest BCUT2D eigenvalue weighted by atomic mass is 9.95. The number of nitrogens with one attached hydrogen (secondary N) is 1. The predicted octanol–water partition coefficient (Wildman–Crippen LogP) is 1.53. The number of amides is 1. The van der Waals surface area contributed by atoms with E-state index < -0.39 is 5.92 Å². The van der Waals surface area contributed by atoms with Gasteiger partial charge in [0.05, 0.1) is 0 Å². The molecule has 2 heterocycles. The van der Waals surface area contributed by atoms with Crippen molar-refractivity contribution < 1.29 is 13.6 Å². The highest BCUT2D eigenvalue weighted by Gasteiger charge is 2.35. The van der Waals surface area contributed by atoms with Gasteiger partial charge in [-0.3, -0.25) is 4.79 Å². The van der Waals surface area contributed by atoms with Crippen molar-refractivity contribution >= 4 is 5.91 Å². The number of hydrogen-bond acceptors (Lipinski definition) is 2. The molecule has 0 unspecified atom stereocenters. The lowest BCUT2D eigenvalue weighted by molar-refractivity contribution is -0.0124. The molecule has 1 saturated heterocycles. The largest absolute Gasteiger partial charge is 0.354 e. The standard InChI is InChI=1S/C14H19F2N3O/c1-18-4-6-19(7-5-18)13(20)12-8-10-9-14(15,16)3-2-11(10)17-12/h8,17H,2-7,9H2,1H3. The van der Waals surface area contributed by atoms with Crippen LogP contribution in [0, 0.1) is 0 Å². The molecule has 1 aliphatic heterocycles. The highest BCUT2D eigenvalue weighted by molar-refractivity contribution is 5.93. The molecule has 2 aliphatic rings. The van der Waals surface area contributed by atoms with Gasteiger partial charge in [0.1, 0.15) is 5.69 Å². The lowest BCUT2D eigenvalue weighted by Crippen LogP contribution is -2.47. The number of carbonyl (C=O) groups is 1. The van der Waals surface area contributed by atoms with Gasteiger partial charge in [-0.1, -0.05) is 0 Å². The first-order chi connectivity index (χ1) is 9.44. The minimum absolute atomic E-state index is 0.0733. The molecule has 110 valence electrons. The number of carbonyl (C=O) groups excluding carboxylic acids is 1. The molecule has 0 bridgehead atoms. The van der Waals surface area contributed by atoms with E-state index in [2.05, 4.69) is 9.88 Å². The number of aromatic nitrogens is 1. The van der Waals surface area contributed by atoms with Crippen LogP contribution in [0.3, 0.4) is 0 Å². The van der Waals surface area contributed by atoms with E-state index in [0.29, 0.717) is 30.8 Å². The van der Waals surface area contributed by atoms with Crippen molar-refractivity contribution in [1.29, 1.82) is 0 Å². The van der Waals surface area contributed by atoms with Crippen molar-refractivity contribution in [3.63, 3.8) is 0 Å². The predicted molar refractivity (Wildman–Crippen MR) is 71.2 cm³/mol. The Morgan fingerprint density at radius 3 is 2.70 bits per heavy atom. The number of aromatic amines is 1. The summed E-state index contributed by atoms with van der Waals surface area (Å²) in [7, 11) is 2.03. The molecule has 1 N–H and O–H groups in total. The number of H-pyrrole nitrogens is 1. The van der Waals surface area contributed by atoms with Gasteiger partial charge in [-0.2, -0.15) is 0 Å². The fourth-order valence-electron chi connectivity index (χ4n) is 2.89. The molecule has 1 fully saturated rings. The number of alkyl halides is 2. The quantitative estimate of drug-likeness (QED) is 0.849. The summed E-state index contributed by atoms with van der Waals surface area (Å²) in [5.41, 5.74) is 1.85. The minimum atomic E-state index is -2.64. The number of rotatable bonds is 1. The molecule has 1 amide bonds. The van der Waals surface area contributed by atoms with Gasteiger partial charge < -0.3 is 14.8 Å². The highest BCUT2D eigenvalue weighted by atomic mass is 19.3. The molecule has 3 rings (SSSR count). The first kappa shape index (κ1) is 13.5. The second-order valence-electron chi connectivity index (χ2n) is 5.82. The molecule has 20 heavy (non-hydrogen) atoms. The van der Waals surface area contributed by atoms with E-state index in [1.807, 2.05) is 7.05 Å². The number of halogens is 2. The third kappa shape index (κ3) is 2.57. The van der Waals surface area contributed by atoms with E-state index in [4.69, 9.17) is 0 Å². The summed E-state index contributed by atoms with van der Waals surface area (Å²) in [5.74, 6) is -2.71. The van der Waals surface area contributed by atoms with Crippen molar-refractivity contribution in [2.75, 3.05) is 33.2 Å². The van der Waals surface area contributed by atoms with Gasteiger partial charge in [-0.05, 0) is 25.1 Å². The van der Waals surface area contributed by atoms with Gasteiger partial charge in [0.2, 0.25) is 0 Å². The molecule has 1 aliphatic carbocycles. The highest BCUT2D eigenvalue weighted by Crippen LogP contribution is 2.33. The SMILES string of the molecule is CN1CCN(C(=O)c2cc3c([nH]2)CCC(F)(F)C3)CC1. The van der Waals surface area contributed by atoms with Gasteiger partial charge in [0, 0.05) is 44.7 Å². The van der Waals surface area contributed by atoms with Gasteiger partial charge in [0.25, 0.3) is 11.8 Å².